The minimum atomic E-state index is -0.787. The van der Waals surface area contributed by atoms with Crippen molar-refractivity contribution in [3.8, 4) is 0 Å². The van der Waals surface area contributed by atoms with Gasteiger partial charge in [0.25, 0.3) is 0 Å². The van der Waals surface area contributed by atoms with E-state index in [0.717, 1.165) is 16.8 Å². The molecule has 1 aliphatic heterocycles. The highest BCUT2D eigenvalue weighted by molar-refractivity contribution is 5.99. The quantitative estimate of drug-likeness (QED) is 0.884. The van der Waals surface area contributed by atoms with Crippen LogP contribution in [0.2, 0.25) is 0 Å². The predicted octanol–water partition coefficient (Wildman–Crippen LogP) is 1.77. The minimum Gasteiger partial charge on any atom is -0.381 e. The van der Waals surface area contributed by atoms with E-state index >= 15 is 0 Å². The van der Waals surface area contributed by atoms with Gasteiger partial charge >= 0.3 is 0 Å². The highest BCUT2D eigenvalue weighted by Gasteiger charge is 2.38. The Hall–Kier alpha value is -1.39. The average Bonchev–Trinajstić information content (AvgIpc) is 2.36. The summed E-state index contributed by atoms with van der Waals surface area (Å²) in [5, 5.41) is 0. The molecule has 19 heavy (non-hydrogen) atoms. The van der Waals surface area contributed by atoms with Crippen LogP contribution in [-0.4, -0.2) is 31.7 Å². The molecule has 1 aromatic carbocycles. The number of nitrogens with two attached hydrogens (primary N) is 1. The van der Waals surface area contributed by atoms with Gasteiger partial charge in [0.1, 0.15) is 5.54 Å². The zero-order chi connectivity index (χ0) is 14.0. The summed E-state index contributed by atoms with van der Waals surface area (Å²) in [6.45, 7) is 5.18. The zero-order valence-electron chi connectivity index (χ0n) is 11.9. The molecule has 2 rings (SSSR count). The first-order valence-corrected chi connectivity index (χ1v) is 6.65. The molecule has 1 aromatic rings. The molecule has 1 heterocycles. The van der Waals surface area contributed by atoms with Crippen LogP contribution < -0.4 is 10.6 Å². The third-order valence-electron chi connectivity index (χ3n) is 3.71. The van der Waals surface area contributed by atoms with Gasteiger partial charge in [0.2, 0.25) is 5.91 Å². The van der Waals surface area contributed by atoms with Crippen molar-refractivity contribution in [2.24, 2.45) is 5.73 Å². The van der Waals surface area contributed by atoms with Crippen LogP contribution in [0.15, 0.2) is 18.2 Å². The molecule has 0 aliphatic carbocycles. The second kappa shape index (κ2) is 5.31. The summed E-state index contributed by atoms with van der Waals surface area (Å²) in [6.07, 6.45) is 1.17. The number of hydrogen-bond acceptors (Lipinski definition) is 3. The van der Waals surface area contributed by atoms with Gasteiger partial charge in [0.05, 0.1) is 0 Å². The molecule has 1 saturated heterocycles. The third kappa shape index (κ3) is 2.96. The van der Waals surface area contributed by atoms with E-state index < -0.39 is 5.54 Å². The van der Waals surface area contributed by atoms with E-state index in [-0.39, 0.29) is 5.91 Å². The van der Waals surface area contributed by atoms with Crippen LogP contribution >= 0.6 is 0 Å². The number of benzene rings is 1. The molecule has 1 fully saturated rings. The number of ether oxygens (including phenoxy) is 1. The van der Waals surface area contributed by atoms with Gasteiger partial charge in [-0.25, -0.2) is 0 Å². The first-order valence-electron chi connectivity index (χ1n) is 6.65. The first-order chi connectivity index (χ1) is 8.92. The Morgan fingerprint density at radius 2 is 1.74 bits per heavy atom. The van der Waals surface area contributed by atoms with Crippen LogP contribution in [0.5, 0.6) is 0 Å². The Bertz CT molecular complexity index is 459. The Balaban J connectivity index is 2.22. The van der Waals surface area contributed by atoms with Crippen molar-refractivity contribution in [1.82, 2.24) is 0 Å². The van der Waals surface area contributed by atoms with Gasteiger partial charge in [-0.3, -0.25) is 4.79 Å². The summed E-state index contributed by atoms with van der Waals surface area (Å²) >= 11 is 0. The van der Waals surface area contributed by atoms with Gasteiger partial charge in [0, 0.05) is 25.9 Å². The molecule has 2 N–H and O–H groups in total. The number of anilines is 1. The normalized spacial score (nSPS) is 18.1. The molecule has 0 saturated carbocycles. The summed E-state index contributed by atoms with van der Waals surface area (Å²) in [5.41, 5.74) is 8.65. The molecule has 4 heteroatoms. The Labute approximate surface area is 114 Å². The number of carbonyl (C=O) groups excluding carboxylic acids is 1. The van der Waals surface area contributed by atoms with Gasteiger partial charge in [-0.05, 0) is 49.9 Å². The van der Waals surface area contributed by atoms with Gasteiger partial charge in [-0.2, -0.15) is 0 Å². The van der Waals surface area contributed by atoms with Gasteiger partial charge in [-0.1, -0.05) is 6.07 Å². The molecule has 0 unspecified atom stereocenters. The van der Waals surface area contributed by atoms with Gasteiger partial charge < -0.3 is 15.4 Å². The maximum Gasteiger partial charge on any atom is 0.246 e. The Kier molecular flexibility index (Phi) is 3.92. The van der Waals surface area contributed by atoms with Crippen molar-refractivity contribution in [3.63, 3.8) is 0 Å². The first kappa shape index (κ1) is 14.0. The molecule has 0 bridgehead atoms. The molecule has 104 valence electrons. The van der Waals surface area contributed by atoms with E-state index in [1.807, 2.05) is 26.0 Å². The highest BCUT2D eigenvalue weighted by atomic mass is 16.5. The molecule has 0 atom stereocenters. The van der Waals surface area contributed by atoms with Crippen molar-refractivity contribution in [2.75, 3.05) is 25.2 Å². The van der Waals surface area contributed by atoms with Crippen LogP contribution in [0.25, 0.3) is 0 Å². The monoisotopic (exact) mass is 262 g/mol. The molecule has 1 amide bonds. The Morgan fingerprint density at radius 1 is 1.21 bits per heavy atom. The number of aryl methyl sites for hydroxylation is 2. The zero-order valence-corrected chi connectivity index (χ0v) is 11.9. The summed E-state index contributed by atoms with van der Waals surface area (Å²) in [6, 6.07) is 6.11. The molecule has 0 aromatic heterocycles. The lowest BCUT2D eigenvalue weighted by atomic mass is 9.89. The van der Waals surface area contributed by atoms with Crippen molar-refractivity contribution in [3.05, 3.63) is 29.3 Å². The fourth-order valence-corrected chi connectivity index (χ4v) is 2.55. The number of rotatable bonds is 2. The lowest BCUT2D eigenvalue weighted by Gasteiger charge is -2.35. The lowest BCUT2D eigenvalue weighted by Crippen LogP contribution is -2.57. The average molecular weight is 262 g/mol. The van der Waals surface area contributed by atoms with E-state index in [1.165, 1.54) is 0 Å². The van der Waals surface area contributed by atoms with E-state index in [4.69, 9.17) is 10.5 Å². The summed E-state index contributed by atoms with van der Waals surface area (Å²) in [7, 11) is 1.79. The summed E-state index contributed by atoms with van der Waals surface area (Å²) in [5.74, 6) is -0.0270. The van der Waals surface area contributed by atoms with Crippen LogP contribution in [0, 0.1) is 13.8 Å². The number of hydrogen-bond donors (Lipinski definition) is 1. The molecule has 1 aliphatic rings. The number of carbonyl (C=O) groups is 1. The van der Waals surface area contributed by atoms with E-state index in [9.17, 15) is 4.79 Å². The molecular formula is C15H22N2O2. The Morgan fingerprint density at radius 3 is 2.26 bits per heavy atom. The number of likely N-dealkylation sites (N-methyl/N-ethyl adjacent to an activating group) is 1. The molecular weight excluding hydrogens is 240 g/mol. The van der Waals surface area contributed by atoms with E-state index in [2.05, 4.69) is 6.07 Å². The van der Waals surface area contributed by atoms with Crippen LogP contribution in [0.4, 0.5) is 5.69 Å². The maximum absolute atomic E-state index is 12.6. The van der Waals surface area contributed by atoms with Crippen molar-refractivity contribution < 1.29 is 9.53 Å². The topological polar surface area (TPSA) is 55.6 Å². The molecule has 0 spiro atoms. The number of amides is 1. The standard InChI is InChI=1S/C15H22N2O2/c1-11-8-12(2)10-13(9-11)17(3)14(18)15(16)4-6-19-7-5-15/h8-10H,4-7,16H2,1-3H3. The lowest BCUT2D eigenvalue weighted by molar-refractivity contribution is -0.126. The van der Waals surface area contributed by atoms with E-state index in [1.54, 1.807) is 11.9 Å². The second-order valence-electron chi connectivity index (χ2n) is 5.48. The van der Waals surface area contributed by atoms with Crippen molar-refractivity contribution >= 4 is 11.6 Å². The largest absolute Gasteiger partial charge is 0.381 e. The van der Waals surface area contributed by atoms with Crippen LogP contribution in [0.3, 0.4) is 0 Å². The fraction of sp³-hybridized carbons (Fsp3) is 0.533. The second-order valence-corrected chi connectivity index (χ2v) is 5.48. The maximum atomic E-state index is 12.6. The molecule has 0 radical (unpaired) electrons. The SMILES string of the molecule is Cc1cc(C)cc(N(C)C(=O)C2(N)CCOCC2)c1. The van der Waals surface area contributed by atoms with Crippen molar-refractivity contribution in [1.29, 1.82) is 0 Å². The van der Waals surface area contributed by atoms with E-state index in [0.29, 0.717) is 26.1 Å². The third-order valence-corrected chi connectivity index (χ3v) is 3.71. The minimum absolute atomic E-state index is 0.0270. The van der Waals surface area contributed by atoms with Crippen LogP contribution in [0.1, 0.15) is 24.0 Å². The summed E-state index contributed by atoms with van der Waals surface area (Å²) < 4.78 is 5.29. The van der Waals surface area contributed by atoms with Crippen LogP contribution in [-0.2, 0) is 9.53 Å². The van der Waals surface area contributed by atoms with Gasteiger partial charge in [0.15, 0.2) is 0 Å². The number of nitrogens with zero attached hydrogens (tertiary/aromatic N) is 1. The fourth-order valence-electron chi connectivity index (χ4n) is 2.55. The van der Waals surface area contributed by atoms with Gasteiger partial charge in [-0.15, -0.1) is 0 Å². The highest BCUT2D eigenvalue weighted by Crippen LogP contribution is 2.24. The smallest absolute Gasteiger partial charge is 0.246 e. The summed E-state index contributed by atoms with van der Waals surface area (Å²) in [4.78, 5) is 14.3. The molecule has 4 nitrogen and oxygen atoms in total. The predicted molar refractivity (Wildman–Crippen MR) is 76.3 cm³/mol. The van der Waals surface area contributed by atoms with Crippen molar-refractivity contribution in [2.45, 2.75) is 32.2 Å².